The number of hydrogen-bond donors (Lipinski definition) is 1. The fourth-order valence-electron chi connectivity index (χ4n) is 4.78. The van der Waals surface area contributed by atoms with Gasteiger partial charge in [-0.05, 0) is 84.4 Å². The minimum absolute atomic E-state index is 0.0750. The monoisotopic (exact) mass is 491 g/mol. The van der Waals surface area contributed by atoms with Gasteiger partial charge in [0.15, 0.2) is 0 Å². The van der Waals surface area contributed by atoms with E-state index < -0.39 is 5.97 Å². The van der Waals surface area contributed by atoms with Crippen molar-refractivity contribution in [3.05, 3.63) is 83.2 Å². The predicted octanol–water partition coefficient (Wildman–Crippen LogP) is 6.64. The third-order valence-corrected chi connectivity index (χ3v) is 6.79. The molecule has 3 aromatic rings. The number of methoxy groups -OCH3 is 1. The molecule has 1 fully saturated rings. The molecule has 0 saturated carbocycles. The van der Waals surface area contributed by atoms with E-state index in [0.717, 1.165) is 41.9 Å². The van der Waals surface area contributed by atoms with Crippen LogP contribution in [0.3, 0.4) is 0 Å². The zero-order valence-corrected chi connectivity index (χ0v) is 21.0. The molecule has 0 aliphatic carbocycles. The van der Waals surface area contributed by atoms with Crippen molar-refractivity contribution < 1.29 is 23.8 Å². The lowest BCUT2D eigenvalue weighted by molar-refractivity contribution is -0.137. The summed E-state index contributed by atoms with van der Waals surface area (Å²) >= 11 is 0. The number of hydrogen-bond acceptors (Lipinski definition) is 4. The van der Waals surface area contributed by atoms with Gasteiger partial charge >= 0.3 is 5.97 Å². The average molecular weight is 492 g/mol. The van der Waals surface area contributed by atoms with E-state index in [1.54, 1.807) is 19.2 Å². The van der Waals surface area contributed by atoms with Gasteiger partial charge in [0.25, 0.3) is 0 Å². The van der Waals surface area contributed by atoms with E-state index in [4.69, 9.17) is 14.6 Å². The van der Waals surface area contributed by atoms with Crippen LogP contribution in [0.1, 0.15) is 55.2 Å². The largest absolute Gasteiger partial charge is 0.497 e. The molecule has 0 radical (unpaired) electrons. The van der Waals surface area contributed by atoms with Gasteiger partial charge in [0, 0.05) is 12.1 Å². The molecular formula is C30H34FNO4. The fourth-order valence-corrected chi connectivity index (χ4v) is 4.78. The number of carbonyl (C=O) groups is 1. The van der Waals surface area contributed by atoms with Crippen molar-refractivity contribution in [3.8, 4) is 22.6 Å². The standard InChI is InChI=1S/C30H34FNO4/c1-21(15-30(33)34)23-7-6-8-26(17-23)36-20-22-9-11-27(28-18-25(35-2)10-12-29(28)31)24(16-22)19-32-13-4-3-5-14-32/h6-12,16-18,21H,3-5,13-15,19-20H2,1-2H3,(H,33,34)/t21-/m1/s1. The first-order chi connectivity index (χ1) is 17.4. The van der Waals surface area contributed by atoms with Crippen LogP contribution in [-0.2, 0) is 17.9 Å². The fraction of sp³-hybridized carbons (Fsp3) is 0.367. The number of benzene rings is 3. The van der Waals surface area contributed by atoms with E-state index in [0.29, 0.717) is 23.7 Å². The van der Waals surface area contributed by atoms with E-state index in [9.17, 15) is 9.18 Å². The smallest absolute Gasteiger partial charge is 0.303 e. The molecule has 36 heavy (non-hydrogen) atoms. The van der Waals surface area contributed by atoms with Gasteiger partial charge in [-0.2, -0.15) is 0 Å². The van der Waals surface area contributed by atoms with E-state index >= 15 is 0 Å². The van der Waals surface area contributed by atoms with Crippen LogP contribution < -0.4 is 9.47 Å². The lowest BCUT2D eigenvalue weighted by Crippen LogP contribution is -2.29. The molecule has 190 valence electrons. The minimum Gasteiger partial charge on any atom is -0.497 e. The van der Waals surface area contributed by atoms with Gasteiger partial charge in [-0.25, -0.2) is 4.39 Å². The second-order valence-electron chi connectivity index (χ2n) is 9.53. The summed E-state index contributed by atoms with van der Waals surface area (Å²) in [5.41, 5.74) is 4.40. The Kier molecular flexibility index (Phi) is 8.60. The van der Waals surface area contributed by atoms with E-state index in [2.05, 4.69) is 11.0 Å². The summed E-state index contributed by atoms with van der Waals surface area (Å²) in [7, 11) is 1.59. The number of piperidine rings is 1. The Hall–Kier alpha value is -3.38. The molecule has 1 aliphatic rings. The summed E-state index contributed by atoms with van der Waals surface area (Å²) in [5.74, 6) is 0.138. The summed E-state index contributed by atoms with van der Waals surface area (Å²) in [5, 5.41) is 9.10. The summed E-state index contributed by atoms with van der Waals surface area (Å²) in [6, 6.07) is 18.5. The average Bonchev–Trinajstić information content (AvgIpc) is 2.88. The first-order valence-corrected chi connectivity index (χ1v) is 12.6. The van der Waals surface area contributed by atoms with Gasteiger partial charge in [0.2, 0.25) is 0 Å². The predicted molar refractivity (Wildman–Crippen MR) is 139 cm³/mol. The van der Waals surface area contributed by atoms with Crippen LogP contribution in [0, 0.1) is 5.82 Å². The van der Waals surface area contributed by atoms with Gasteiger partial charge in [-0.1, -0.05) is 43.7 Å². The number of halogens is 1. The Morgan fingerprint density at radius 2 is 1.81 bits per heavy atom. The highest BCUT2D eigenvalue weighted by Crippen LogP contribution is 2.32. The molecule has 0 spiro atoms. The Bertz CT molecular complexity index is 1190. The number of carboxylic acid groups (broad SMARTS) is 1. The van der Waals surface area contributed by atoms with E-state index in [-0.39, 0.29) is 18.2 Å². The summed E-state index contributed by atoms with van der Waals surface area (Å²) < 4.78 is 26.3. The van der Waals surface area contributed by atoms with Crippen molar-refractivity contribution >= 4 is 5.97 Å². The van der Waals surface area contributed by atoms with Gasteiger partial charge in [-0.15, -0.1) is 0 Å². The molecule has 4 rings (SSSR count). The maximum absolute atomic E-state index is 14.9. The number of likely N-dealkylation sites (tertiary alicyclic amines) is 1. The topological polar surface area (TPSA) is 59.0 Å². The number of rotatable bonds is 10. The van der Waals surface area contributed by atoms with E-state index in [1.165, 1.54) is 25.3 Å². The molecule has 0 aromatic heterocycles. The van der Waals surface area contributed by atoms with Crippen LogP contribution >= 0.6 is 0 Å². The molecule has 1 saturated heterocycles. The maximum atomic E-state index is 14.9. The highest BCUT2D eigenvalue weighted by Gasteiger charge is 2.17. The normalized spacial score (nSPS) is 14.9. The number of nitrogens with zero attached hydrogens (tertiary/aromatic N) is 1. The van der Waals surface area contributed by atoms with Crippen LogP contribution in [0.2, 0.25) is 0 Å². The Morgan fingerprint density at radius 1 is 1.00 bits per heavy atom. The van der Waals surface area contributed by atoms with Crippen molar-refractivity contribution in [1.82, 2.24) is 4.90 Å². The molecule has 5 nitrogen and oxygen atoms in total. The quantitative estimate of drug-likeness (QED) is 0.344. The van der Waals surface area contributed by atoms with Gasteiger partial charge in [0.1, 0.15) is 23.9 Å². The molecule has 1 N–H and O–H groups in total. The van der Waals surface area contributed by atoms with Crippen LogP contribution in [0.5, 0.6) is 11.5 Å². The zero-order valence-electron chi connectivity index (χ0n) is 21.0. The lowest BCUT2D eigenvalue weighted by Gasteiger charge is -2.27. The summed E-state index contributed by atoms with van der Waals surface area (Å²) in [6.07, 6.45) is 3.70. The third kappa shape index (κ3) is 6.64. The molecule has 1 heterocycles. The van der Waals surface area contributed by atoms with Crippen molar-refractivity contribution in [2.45, 2.75) is 51.7 Å². The first-order valence-electron chi connectivity index (χ1n) is 12.6. The van der Waals surface area contributed by atoms with Gasteiger partial charge in [0.05, 0.1) is 13.5 Å². The highest BCUT2D eigenvalue weighted by atomic mass is 19.1. The molecule has 0 amide bonds. The van der Waals surface area contributed by atoms with Crippen LogP contribution in [-0.4, -0.2) is 36.2 Å². The Labute approximate surface area is 212 Å². The number of carboxylic acids is 1. The lowest BCUT2D eigenvalue weighted by atomic mass is 9.96. The molecular weight excluding hydrogens is 457 g/mol. The van der Waals surface area contributed by atoms with Gasteiger partial charge in [-0.3, -0.25) is 9.69 Å². The van der Waals surface area contributed by atoms with Crippen molar-refractivity contribution in [2.75, 3.05) is 20.2 Å². The Morgan fingerprint density at radius 3 is 2.56 bits per heavy atom. The van der Waals surface area contributed by atoms with Crippen LogP contribution in [0.4, 0.5) is 4.39 Å². The van der Waals surface area contributed by atoms with E-state index in [1.807, 2.05) is 43.3 Å². The van der Waals surface area contributed by atoms with Crippen molar-refractivity contribution in [3.63, 3.8) is 0 Å². The first kappa shape index (κ1) is 25.7. The summed E-state index contributed by atoms with van der Waals surface area (Å²) in [4.78, 5) is 13.5. The second-order valence-corrected chi connectivity index (χ2v) is 9.53. The molecule has 6 heteroatoms. The van der Waals surface area contributed by atoms with Crippen LogP contribution in [0.15, 0.2) is 60.7 Å². The molecule has 1 aliphatic heterocycles. The molecule has 3 aromatic carbocycles. The third-order valence-electron chi connectivity index (χ3n) is 6.79. The minimum atomic E-state index is -0.817. The molecule has 1 atom stereocenters. The number of ether oxygens (including phenoxy) is 2. The molecule has 0 bridgehead atoms. The zero-order chi connectivity index (χ0) is 25.5. The SMILES string of the molecule is COc1ccc(F)c(-c2ccc(COc3cccc([C@H](C)CC(=O)O)c3)cc2CN2CCCCC2)c1. The second kappa shape index (κ2) is 12.0. The Balaban J connectivity index is 1.57. The van der Waals surface area contributed by atoms with Crippen molar-refractivity contribution in [2.24, 2.45) is 0 Å². The maximum Gasteiger partial charge on any atom is 0.303 e. The highest BCUT2D eigenvalue weighted by molar-refractivity contribution is 5.70. The summed E-state index contributed by atoms with van der Waals surface area (Å²) in [6.45, 7) is 5.10. The molecule has 0 unspecified atom stereocenters. The van der Waals surface area contributed by atoms with Gasteiger partial charge < -0.3 is 14.6 Å². The number of aliphatic carboxylic acids is 1. The van der Waals surface area contributed by atoms with Crippen molar-refractivity contribution in [1.29, 1.82) is 0 Å². The van der Waals surface area contributed by atoms with Crippen LogP contribution in [0.25, 0.3) is 11.1 Å².